The highest BCUT2D eigenvalue weighted by Gasteiger charge is 2.17. The normalized spacial score (nSPS) is 13.8. The lowest BCUT2D eigenvalue weighted by molar-refractivity contribution is 0.577. The van der Waals surface area contributed by atoms with E-state index in [1.165, 1.54) is 0 Å². The van der Waals surface area contributed by atoms with Gasteiger partial charge in [0, 0.05) is 11.4 Å². The maximum atomic E-state index is 11.5. The number of aryl methyl sites for hydroxylation is 2. The molecule has 0 bridgehead atoms. The molecular weight excluding hydrogens is 250 g/mol. The highest BCUT2D eigenvalue weighted by atomic mass is 32.2. The number of sulfone groups is 1. The van der Waals surface area contributed by atoms with Crippen LogP contribution in [0.3, 0.4) is 0 Å². The summed E-state index contributed by atoms with van der Waals surface area (Å²) in [5, 5.41) is 4.41. The molecule has 2 N–H and O–H groups in total. The number of hydrogen-bond acceptors (Lipinski definition) is 4. The van der Waals surface area contributed by atoms with Crippen LogP contribution >= 0.6 is 0 Å². The summed E-state index contributed by atoms with van der Waals surface area (Å²) < 4.78 is 24.8. The third kappa shape index (κ3) is 3.32. The minimum Gasteiger partial charge on any atom is -0.330 e. The van der Waals surface area contributed by atoms with Crippen molar-refractivity contribution >= 4 is 9.84 Å². The molecule has 1 unspecified atom stereocenters. The van der Waals surface area contributed by atoms with Crippen LogP contribution in [0.4, 0.5) is 0 Å². The van der Waals surface area contributed by atoms with Crippen molar-refractivity contribution in [2.24, 2.45) is 5.73 Å². The lowest BCUT2D eigenvalue weighted by atomic mass is 9.99. The molecule has 0 saturated heterocycles. The van der Waals surface area contributed by atoms with Crippen molar-refractivity contribution in [2.45, 2.75) is 40.2 Å². The van der Waals surface area contributed by atoms with Crippen molar-refractivity contribution < 1.29 is 8.42 Å². The number of nitrogens with two attached hydrogens (primary N) is 1. The van der Waals surface area contributed by atoms with Gasteiger partial charge in [-0.25, -0.2) is 8.42 Å². The SMILES string of the molecule is CCS(=O)(=O)CCn1nc(C)c(C(C)CN)c1C. The Morgan fingerprint density at radius 1 is 1.39 bits per heavy atom. The van der Waals surface area contributed by atoms with E-state index in [1.807, 2.05) is 13.8 Å². The van der Waals surface area contributed by atoms with Crippen LogP contribution in [-0.2, 0) is 16.4 Å². The molecule has 0 radical (unpaired) electrons. The van der Waals surface area contributed by atoms with E-state index in [9.17, 15) is 8.42 Å². The molecule has 104 valence electrons. The molecule has 1 atom stereocenters. The second-order valence-electron chi connectivity index (χ2n) is 4.68. The van der Waals surface area contributed by atoms with Crippen LogP contribution in [0, 0.1) is 13.8 Å². The van der Waals surface area contributed by atoms with E-state index >= 15 is 0 Å². The minimum absolute atomic E-state index is 0.141. The van der Waals surface area contributed by atoms with Gasteiger partial charge in [0.1, 0.15) is 0 Å². The number of rotatable bonds is 6. The van der Waals surface area contributed by atoms with Crippen LogP contribution in [-0.4, -0.2) is 36.2 Å². The van der Waals surface area contributed by atoms with E-state index in [1.54, 1.807) is 11.6 Å². The number of hydrogen-bond donors (Lipinski definition) is 1. The molecule has 1 aromatic rings. The molecular formula is C12H23N3O2S. The highest BCUT2D eigenvalue weighted by molar-refractivity contribution is 7.91. The van der Waals surface area contributed by atoms with Gasteiger partial charge >= 0.3 is 0 Å². The average Bonchev–Trinajstić information content (AvgIpc) is 2.61. The first-order valence-corrected chi connectivity index (χ1v) is 8.09. The molecule has 0 spiro atoms. The standard InChI is InChI=1S/C12H23N3O2S/c1-5-18(16,17)7-6-15-11(4)12(9(2)8-13)10(3)14-15/h9H,5-8,13H2,1-4H3. The van der Waals surface area contributed by atoms with E-state index < -0.39 is 9.84 Å². The van der Waals surface area contributed by atoms with Gasteiger partial charge < -0.3 is 5.73 Å². The fraction of sp³-hybridized carbons (Fsp3) is 0.750. The smallest absolute Gasteiger partial charge is 0.151 e. The van der Waals surface area contributed by atoms with Gasteiger partial charge in [-0.2, -0.15) is 5.10 Å². The Morgan fingerprint density at radius 2 is 2.00 bits per heavy atom. The van der Waals surface area contributed by atoms with Crippen LogP contribution in [0.5, 0.6) is 0 Å². The highest BCUT2D eigenvalue weighted by Crippen LogP contribution is 2.22. The monoisotopic (exact) mass is 273 g/mol. The van der Waals surface area contributed by atoms with Gasteiger partial charge in [-0.3, -0.25) is 4.68 Å². The van der Waals surface area contributed by atoms with Crippen molar-refractivity contribution in [1.29, 1.82) is 0 Å². The molecule has 1 rings (SSSR count). The lowest BCUT2D eigenvalue weighted by Crippen LogP contribution is -2.16. The predicted molar refractivity (Wildman–Crippen MR) is 73.5 cm³/mol. The predicted octanol–water partition coefficient (Wildman–Crippen LogP) is 0.997. The van der Waals surface area contributed by atoms with Crippen molar-refractivity contribution in [3.05, 3.63) is 17.0 Å². The molecule has 0 saturated carbocycles. The first kappa shape index (κ1) is 15.2. The zero-order chi connectivity index (χ0) is 13.9. The molecule has 0 aliphatic heterocycles. The molecule has 5 nitrogen and oxygen atoms in total. The number of nitrogens with zero attached hydrogens (tertiary/aromatic N) is 2. The van der Waals surface area contributed by atoms with Crippen LogP contribution in [0.25, 0.3) is 0 Å². The average molecular weight is 273 g/mol. The van der Waals surface area contributed by atoms with E-state index in [4.69, 9.17) is 5.73 Å². The van der Waals surface area contributed by atoms with Crippen molar-refractivity contribution in [3.8, 4) is 0 Å². The van der Waals surface area contributed by atoms with Crippen molar-refractivity contribution in [3.63, 3.8) is 0 Å². The van der Waals surface area contributed by atoms with E-state index in [0.717, 1.165) is 17.0 Å². The molecule has 1 aromatic heterocycles. The molecule has 0 aliphatic carbocycles. The molecule has 1 heterocycles. The minimum atomic E-state index is -2.95. The largest absolute Gasteiger partial charge is 0.330 e. The van der Waals surface area contributed by atoms with Gasteiger partial charge in [-0.15, -0.1) is 0 Å². The Morgan fingerprint density at radius 3 is 2.50 bits per heavy atom. The van der Waals surface area contributed by atoms with Gasteiger partial charge in [0.15, 0.2) is 9.84 Å². The van der Waals surface area contributed by atoms with Gasteiger partial charge in [0.05, 0.1) is 18.0 Å². The van der Waals surface area contributed by atoms with E-state index in [2.05, 4.69) is 12.0 Å². The Kier molecular flexibility index (Phi) is 4.92. The van der Waals surface area contributed by atoms with Gasteiger partial charge in [0.25, 0.3) is 0 Å². The summed E-state index contributed by atoms with van der Waals surface area (Å²) in [6.45, 7) is 8.63. The van der Waals surface area contributed by atoms with Crippen LogP contribution in [0.2, 0.25) is 0 Å². The second kappa shape index (κ2) is 5.84. The van der Waals surface area contributed by atoms with Gasteiger partial charge in [-0.1, -0.05) is 13.8 Å². The summed E-state index contributed by atoms with van der Waals surface area (Å²) in [5.41, 5.74) is 8.80. The first-order chi connectivity index (χ1) is 8.32. The maximum absolute atomic E-state index is 11.5. The number of aromatic nitrogens is 2. The van der Waals surface area contributed by atoms with E-state index in [-0.39, 0.29) is 17.4 Å². The van der Waals surface area contributed by atoms with Crippen LogP contribution in [0.15, 0.2) is 0 Å². The zero-order valence-corrected chi connectivity index (χ0v) is 12.4. The molecule has 18 heavy (non-hydrogen) atoms. The molecule has 0 amide bonds. The van der Waals surface area contributed by atoms with Crippen molar-refractivity contribution in [2.75, 3.05) is 18.1 Å². The Hall–Kier alpha value is -0.880. The van der Waals surface area contributed by atoms with Gasteiger partial charge in [0.2, 0.25) is 0 Å². The third-order valence-electron chi connectivity index (χ3n) is 3.34. The zero-order valence-electron chi connectivity index (χ0n) is 11.6. The molecule has 0 fully saturated rings. The fourth-order valence-corrected chi connectivity index (χ4v) is 2.87. The topological polar surface area (TPSA) is 78.0 Å². The third-order valence-corrected chi connectivity index (χ3v) is 5.02. The maximum Gasteiger partial charge on any atom is 0.151 e. The summed E-state index contributed by atoms with van der Waals surface area (Å²) in [6.07, 6.45) is 0. The van der Waals surface area contributed by atoms with Crippen molar-refractivity contribution in [1.82, 2.24) is 9.78 Å². The Labute approximate surface area is 109 Å². The summed E-state index contributed by atoms with van der Waals surface area (Å²) in [6, 6.07) is 0. The van der Waals surface area contributed by atoms with Crippen LogP contribution < -0.4 is 5.73 Å². The first-order valence-electron chi connectivity index (χ1n) is 6.26. The Bertz CT molecular complexity index is 506. The summed E-state index contributed by atoms with van der Waals surface area (Å²) in [5.74, 6) is 0.571. The summed E-state index contributed by atoms with van der Waals surface area (Å²) in [7, 11) is -2.95. The summed E-state index contributed by atoms with van der Waals surface area (Å²) in [4.78, 5) is 0. The molecule has 6 heteroatoms. The van der Waals surface area contributed by atoms with E-state index in [0.29, 0.717) is 13.1 Å². The van der Waals surface area contributed by atoms with Gasteiger partial charge in [-0.05, 0) is 31.9 Å². The second-order valence-corrected chi connectivity index (χ2v) is 7.15. The quantitative estimate of drug-likeness (QED) is 0.838. The van der Waals surface area contributed by atoms with Crippen LogP contribution in [0.1, 0.15) is 36.7 Å². The molecule has 0 aliphatic rings. The lowest BCUT2D eigenvalue weighted by Gasteiger charge is -2.10. The molecule has 0 aromatic carbocycles. The summed E-state index contributed by atoms with van der Waals surface area (Å²) >= 11 is 0. The fourth-order valence-electron chi connectivity index (χ4n) is 2.13. The Balaban J connectivity index is 2.93.